The maximum atomic E-state index is 13.3. The second-order valence-electron chi connectivity index (χ2n) is 7.30. The lowest BCUT2D eigenvalue weighted by Crippen LogP contribution is -2.13. The number of H-pyrrole nitrogens is 1. The molecule has 0 atom stereocenters. The van der Waals surface area contributed by atoms with Crippen molar-refractivity contribution in [1.82, 2.24) is 4.98 Å². The van der Waals surface area contributed by atoms with Crippen LogP contribution in [0.2, 0.25) is 5.02 Å². The highest BCUT2D eigenvalue weighted by Crippen LogP contribution is 2.30. The van der Waals surface area contributed by atoms with Gasteiger partial charge in [-0.1, -0.05) is 36.0 Å². The summed E-state index contributed by atoms with van der Waals surface area (Å²) < 4.78 is 18.9. The van der Waals surface area contributed by atoms with E-state index in [-0.39, 0.29) is 16.4 Å². The molecule has 0 fully saturated rings. The van der Waals surface area contributed by atoms with Gasteiger partial charge in [0.15, 0.2) is 0 Å². The van der Waals surface area contributed by atoms with Gasteiger partial charge in [-0.15, -0.1) is 0 Å². The van der Waals surface area contributed by atoms with Gasteiger partial charge in [0.1, 0.15) is 22.3 Å². The zero-order valence-corrected chi connectivity index (χ0v) is 19.4. The molecule has 1 heterocycles. The van der Waals surface area contributed by atoms with Crippen LogP contribution in [0.1, 0.15) is 15.9 Å². The topological polar surface area (TPSA) is 77.9 Å². The predicted octanol–water partition coefficient (Wildman–Crippen LogP) is 7.00. The number of hydrogen-bond acceptors (Lipinski definition) is 4. The Morgan fingerprint density at radius 1 is 1.06 bits per heavy atom. The molecule has 0 aliphatic rings. The lowest BCUT2D eigenvalue weighted by atomic mass is 9.99. The maximum Gasteiger partial charge on any atom is 0.259 e. The summed E-state index contributed by atoms with van der Waals surface area (Å²) in [6.07, 6.45) is 0. The molecule has 0 saturated carbocycles. The molecular weight excluding hydrogens is 473 g/mol. The van der Waals surface area contributed by atoms with Crippen LogP contribution in [0.15, 0.2) is 72.8 Å². The number of pyridine rings is 1. The molecule has 0 radical (unpaired) electrons. The second-order valence-corrected chi connectivity index (χ2v) is 8.14. The molecule has 8 heteroatoms. The van der Waals surface area contributed by atoms with Gasteiger partial charge in [0.05, 0.1) is 18.2 Å². The summed E-state index contributed by atoms with van der Waals surface area (Å²) in [5.41, 5.74) is 3.93. The third kappa shape index (κ3) is 4.84. The van der Waals surface area contributed by atoms with E-state index >= 15 is 0 Å². The number of amides is 1. The Balaban J connectivity index is 1.66. The molecule has 0 spiro atoms. The molecule has 0 unspecified atom stereocenters. The van der Waals surface area contributed by atoms with Crippen LogP contribution >= 0.6 is 23.8 Å². The van der Waals surface area contributed by atoms with Gasteiger partial charge >= 0.3 is 0 Å². The van der Waals surface area contributed by atoms with E-state index in [0.29, 0.717) is 38.8 Å². The highest BCUT2D eigenvalue weighted by Gasteiger charge is 2.14. The summed E-state index contributed by atoms with van der Waals surface area (Å²) in [4.78, 5) is 15.8. The third-order valence-electron chi connectivity index (χ3n) is 5.16. The quantitative estimate of drug-likeness (QED) is 0.296. The SMILES string of the molecule is COc1ccc(Cl)cc1C(=O)Nc1ccc(-c2cc(-c3ccc(F)cc3)[nH]c(=S)c2C#N)cc1. The molecule has 0 aliphatic heterocycles. The lowest BCUT2D eigenvalue weighted by molar-refractivity contribution is 0.102. The van der Waals surface area contributed by atoms with Gasteiger partial charge in [-0.05, 0) is 71.8 Å². The number of nitrogens with one attached hydrogen (secondary N) is 2. The van der Waals surface area contributed by atoms with Crippen molar-refractivity contribution < 1.29 is 13.9 Å². The summed E-state index contributed by atoms with van der Waals surface area (Å²) >= 11 is 11.4. The standard InChI is InChI=1S/C26H17ClFN3O2S/c1-33-24-11-6-17(27)12-21(24)25(32)30-19-9-4-15(5-10-19)20-13-23(31-26(34)22(20)14-29)16-2-7-18(28)8-3-16/h2-13H,1H3,(H,30,32)(H,31,34). The normalized spacial score (nSPS) is 10.4. The molecule has 1 aromatic heterocycles. The largest absolute Gasteiger partial charge is 0.496 e. The van der Waals surface area contributed by atoms with Gasteiger partial charge in [-0.3, -0.25) is 4.79 Å². The van der Waals surface area contributed by atoms with Crippen LogP contribution in [0.3, 0.4) is 0 Å². The highest BCUT2D eigenvalue weighted by molar-refractivity contribution is 7.71. The Bertz CT molecular complexity index is 1480. The highest BCUT2D eigenvalue weighted by atomic mass is 35.5. The molecule has 0 bridgehead atoms. The summed E-state index contributed by atoms with van der Waals surface area (Å²) in [6.45, 7) is 0. The molecule has 0 aliphatic carbocycles. The van der Waals surface area contributed by atoms with Crippen molar-refractivity contribution in [3.05, 3.63) is 99.4 Å². The van der Waals surface area contributed by atoms with E-state index in [2.05, 4.69) is 16.4 Å². The molecule has 3 aromatic carbocycles. The minimum Gasteiger partial charge on any atom is -0.496 e. The number of methoxy groups -OCH3 is 1. The van der Waals surface area contributed by atoms with Crippen LogP contribution < -0.4 is 10.1 Å². The number of carbonyl (C=O) groups is 1. The molecule has 0 saturated heterocycles. The van der Waals surface area contributed by atoms with Gasteiger partial charge in [0, 0.05) is 22.0 Å². The predicted molar refractivity (Wildman–Crippen MR) is 133 cm³/mol. The van der Waals surface area contributed by atoms with Gasteiger partial charge in [0.25, 0.3) is 5.91 Å². The zero-order valence-electron chi connectivity index (χ0n) is 17.9. The number of halogens is 2. The number of ether oxygens (including phenoxy) is 1. The van der Waals surface area contributed by atoms with E-state index < -0.39 is 0 Å². The van der Waals surface area contributed by atoms with Gasteiger partial charge in [-0.2, -0.15) is 5.26 Å². The first kappa shape index (κ1) is 23.2. The van der Waals surface area contributed by atoms with Crippen LogP contribution in [-0.4, -0.2) is 18.0 Å². The van der Waals surface area contributed by atoms with Crippen molar-refractivity contribution in [3.63, 3.8) is 0 Å². The van der Waals surface area contributed by atoms with Crippen LogP contribution in [0.4, 0.5) is 10.1 Å². The molecule has 2 N–H and O–H groups in total. The Morgan fingerprint density at radius 2 is 1.74 bits per heavy atom. The fourth-order valence-corrected chi connectivity index (χ4v) is 3.91. The summed E-state index contributed by atoms with van der Waals surface area (Å²) in [6, 6.07) is 21.7. The molecule has 4 aromatic rings. The first-order valence-electron chi connectivity index (χ1n) is 10.1. The molecule has 168 valence electrons. The van der Waals surface area contributed by atoms with Crippen molar-refractivity contribution in [2.45, 2.75) is 0 Å². The molecule has 1 amide bonds. The number of rotatable bonds is 5. The van der Waals surface area contributed by atoms with Crippen molar-refractivity contribution in [3.8, 4) is 34.2 Å². The summed E-state index contributed by atoms with van der Waals surface area (Å²) in [7, 11) is 1.48. The fourth-order valence-electron chi connectivity index (χ4n) is 3.47. The summed E-state index contributed by atoms with van der Waals surface area (Å²) in [5.74, 6) is -0.307. The van der Waals surface area contributed by atoms with E-state index in [1.807, 2.05) is 0 Å². The van der Waals surface area contributed by atoms with Crippen molar-refractivity contribution in [1.29, 1.82) is 5.26 Å². The Morgan fingerprint density at radius 3 is 2.38 bits per heavy atom. The number of hydrogen-bond donors (Lipinski definition) is 2. The van der Waals surface area contributed by atoms with Crippen LogP contribution in [0.25, 0.3) is 22.4 Å². The molecular formula is C26H17ClFN3O2S. The van der Waals surface area contributed by atoms with Crippen molar-refractivity contribution in [2.75, 3.05) is 12.4 Å². The first-order chi connectivity index (χ1) is 16.4. The van der Waals surface area contributed by atoms with E-state index in [1.165, 1.54) is 25.3 Å². The van der Waals surface area contributed by atoms with Crippen molar-refractivity contribution >= 4 is 35.4 Å². The number of aromatic nitrogens is 1. The summed E-state index contributed by atoms with van der Waals surface area (Å²) in [5, 5.41) is 12.9. The van der Waals surface area contributed by atoms with E-state index in [0.717, 1.165) is 11.1 Å². The zero-order chi connectivity index (χ0) is 24.2. The second kappa shape index (κ2) is 9.87. The Kier molecular flexibility index (Phi) is 6.73. The van der Waals surface area contributed by atoms with Crippen LogP contribution in [0.5, 0.6) is 5.75 Å². The molecule has 5 nitrogen and oxygen atoms in total. The first-order valence-corrected chi connectivity index (χ1v) is 10.9. The molecule has 4 rings (SSSR count). The maximum absolute atomic E-state index is 13.3. The number of carbonyl (C=O) groups excluding carboxylic acids is 1. The average Bonchev–Trinajstić information content (AvgIpc) is 2.84. The average molecular weight is 490 g/mol. The smallest absolute Gasteiger partial charge is 0.259 e. The van der Waals surface area contributed by atoms with Crippen molar-refractivity contribution in [2.24, 2.45) is 0 Å². The van der Waals surface area contributed by atoms with Gasteiger partial charge < -0.3 is 15.0 Å². The number of aromatic amines is 1. The third-order valence-corrected chi connectivity index (χ3v) is 5.70. The number of benzene rings is 3. The minimum absolute atomic E-state index is 0.282. The van der Waals surface area contributed by atoms with Gasteiger partial charge in [0.2, 0.25) is 0 Å². The number of anilines is 1. The fraction of sp³-hybridized carbons (Fsp3) is 0.0385. The van der Waals surface area contributed by atoms with Crippen LogP contribution in [0, 0.1) is 21.8 Å². The number of nitriles is 1. The minimum atomic E-state index is -0.370. The Labute approximate surface area is 205 Å². The van der Waals surface area contributed by atoms with Crippen LogP contribution in [-0.2, 0) is 0 Å². The van der Waals surface area contributed by atoms with E-state index in [9.17, 15) is 14.4 Å². The monoisotopic (exact) mass is 489 g/mol. The Hall–Kier alpha value is -3.99. The van der Waals surface area contributed by atoms with E-state index in [4.69, 9.17) is 28.6 Å². The number of nitrogens with zero attached hydrogens (tertiary/aromatic N) is 1. The molecule has 34 heavy (non-hydrogen) atoms. The van der Waals surface area contributed by atoms with E-state index in [1.54, 1.807) is 54.6 Å². The van der Waals surface area contributed by atoms with Gasteiger partial charge in [-0.25, -0.2) is 4.39 Å². The lowest BCUT2D eigenvalue weighted by Gasteiger charge is -2.12.